The molecule has 5 heteroatoms. The van der Waals surface area contributed by atoms with E-state index in [1.807, 2.05) is 12.1 Å². The first-order chi connectivity index (χ1) is 9.90. The third-order valence-corrected chi connectivity index (χ3v) is 3.94. The minimum absolute atomic E-state index is 0.0143. The maximum Gasteiger partial charge on any atom is 0.253 e. The maximum absolute atomic E-state index is 12.0. The van der Waals surface area contributed by atoms with Gasteiger partial charge in [-0.15, -0.1) is 0 Å². The highest BCUT2D eigenvalue weighted by atomic mass is 16.2. The molecule has 1 aliphatic heterocycles. The van der Waals surface area contributed by atoms with Crippen LogP contribution in [0.2, 0.25) is 0 Å². The first-order valence-electron chi connectivity index (χ1n) is 7.42. The first kappa shape index (κ1) is 15.6. The molecule has 0 saturated carbocycles. The summed E-state index contributed by atoms with van der Waals surface area (Å²) in [5.41, 5.74) is 8.59. The highest BCUT2D eigenvalue weighted by Crippen LogP contribution is 2.31. The van der Waals surface area contributed by atoms with Crippen LogP contribution < -0.4 is 10.6 Å². The Balaban J connectivity index is 2.22. The molecule has 21 heavy (non-hydrogen) atoms. The molecule has 1 aliphatic rings. The topological polar surface area (TPSA) is 52.8 Å². The molecule has 2 N–H and O–H groups in total. The number of hydrogen-bond acceptors (Lipinski definition) is 4. The van der Waals surface area contributed by atoms with Crippen LogP contribution in [0.1, 0.15) is 23.2 Å². The molecule has 0 spiro atoms. The average molecular weight is 290 g/mol. The average Bonchev–Trinajstić information content (AvgIpc) is 2.84. The number of nitrogen functional groups attached to an aromatic ring is 1. The van der Waals surface area contributed by atoms with Crippen LogP contribution in [0.5, 0.6) is 0 Å². The maximum atomic E-state index is 12.0. The van der Waals surface area contributed by atoms with E-state index >= 15 is 0 Å². The van der Waals surface area contributed by atoms with Crippen molar-refractivity contribution in [3.8, 4) is 0 Å². The van der Waals surface area contributed by atoms with Crippen molar-refractivity contribution < 1.29 is 4.79 Å². The lowest BCUT2D eigenvalue weighted by atomic mass is 10.1. The van der Waals surface area contributed by atoms with Gasteiger partial charge < -0.3 is 20.4 Å². The third-order valence-electron chi connectivity index (χ3n) is 3.94. The quantitative estimate of drug-likeness (QED) is 0.854. The van der Waals surface area contributed by atoms with Gasteiger partial charge in [-0.2, -0.15) is 0 Å². The summed E-state index contributed by atoms with van der Waals surface area (Å²) in [5, 5.41) is 0. The van der Waals surface area contributed by atoms with Crippen LogP contribution >= 0.6 is 0 Å². The number of likely N-dealkylation sites (N-methyl/N-ethyl adjacent to an activating group) is 1. The zero-order valence-electron chi connectivity index (χ0n) is 13.5. The van der Waals surface area contributed by atoms with Gasteiger partial charge in [0.25, 0.3) is 5.91 Å². The summed E-state index contributed by atoms with van der Waals surface area (Å²) in [6.07, 6.45) is 2.38. The molecule has 1 heterocycles. The Bertz CT molecular complexity index is 513. The number of rotatable bonds is 4. The molecule has 0 radical (unpaired) electrons. The predicted octanol–water partition coefficient (Wildman–Crippen LogP) is 1.50. The van der Waals surface area contributed by atoms with Crippen LogP contribution in [0.15, 0.2) is 18.2 Å². The molecule has 0 aromatic heterocycles. The van der Waals surface area contributed by atoms with Crippen LogP contribution in [0.25, 0.3) is 0 Å². The van der Waals surface area contributed by atoms with Crippen molar-refractivity contribution in [1.82, 2.24) is 9.80 Å². The minimum Gasteiger partial charge on any atom is -0.397 e. The molecule has 0 aliphatic carbocycles. The Morgan fingerprint density at radius 3 is 2.62 bits per heavy atom. The van der Waals surface area contributed by atoms with Crippen LogP contribution in [0.4, 0.5) is 11.4 Å². The number of carbonyl (C=O) groups excluding carboxylic acids is 1. The Kier molecular flexibility index (Phi) is 4.73. The lowest BCUT2D eigenvalue weighted by Gasteiger charge is -2.30. The molecular weight excluding hydrogens is 264 g/mol. The van der Waals surface area contributed by atoms with Crippen LogP contribution in [0.3, 0.4) is 0 Å². The summed E-state index contributed by atoms with van der Waals surface area (Å²) in [4.78, 5) is 18.1. The number of anilines is 2. The molecular formula is C16H26N4O. The van der Waals surface area contributed by atoms with Crippen molar-refractivity contribution in [2.75, 3.05) is 51.9 Å². The second-order valence-corrected chi connectivity index (χ2v) is 6.22. The van der Waals surface area contributed by atoms with Gasteiger partial charge in [-0.3, -0.25) is 4.79 Å². The van der Waals surface area contributed by atoms with Gasteiger partial charge in [0, 0.05) is 38.8 Å². The lowest BCUT2D eigenvalue weighted by Crippen LogP contribution is -2.38. The first-order valence-corrected chi connectivity index (χ1v) is 7.42. The van der Waals surface area contributed by atoms with E-state index in [9.17, 15) is 4.79 Å². The van der Waals surface area contributed by atoms with Crippen LogP contribution in [-0.4, -0.2) is 63.0 Å². The van der Waals surface area contributed by atoms with Crippen molar-refractivity contribution in [1.29, 1.82) is 0 Å². The van der Waals surface area contributed by atoms with Crippen molar-refractivity contribution in [3.63, 3.8) is 0 Å². The molecule has 5 nitrogen and oxygen atoms in total. The molecule has 0 bridgehead atoms. The van der Waals surface area contributed by atoms with E-state index in [0.717, 1.165) is 18.8 Å². The van der Waals surface area contributed by atoms with Crippen LogP contribution in [-0.2, 0) is 0 Å². The molecule has 116 valence electrons. The Hall–Kier alpha value is -1.75. The smallest absolute Gasteiger partial charge is 0.253 e. The van der Waals surface area contributed by atoms with Gasteiger partial charge in [-0.05, 0) is 45.1 Å². The summed E-state index contributed by atoms with van der Waals surface area (Å²) in [6.45, 7) is 2.06. The highest BCUT2D eigenvalue weighted by molar-refractivity contribution is 5.95. The second kappa shape index (κ2) is 6.35. The van der Waals surface area contributed by atoms with E-state index in [0.29, 0.717) is 17.3 Å². The summed E-state index contributed by atoms with van der Waals surface area (Å²) >= 11 is 0. The SMILES string of the molecule is CN(C)CC1CCCN1c1ccc(C(=O)N(C)C)cc1N. The molecule has 1 aromatic rings. The highest BCUT2D eigenvalue weighted by Gasteiger charge is 2.26. The van der Waals surface area contributed by atoms with E-state index in [1.54, 1.807) is 25.1 Å². The summed E-state index contributed by atoms with van der Waals surface area (Å²) in [5.74, 6) is -0.0143. The molecule has 1 aromatic carbocycles. The predicted molar refractivity (Wildman–Crippen MR) is 87.8 cm³/mol. The standard InChI is InChI=1S/C16H26N4O/c1-18(2)11-13-6-5-9-20(13)15-8-7-12(10-14(15)17)16(21)19(3)4/h7-8,10,13H,5-6,9,11,17H2,1-4H3. The van der Waals surface area contributed by atoms with E-state index in [2.05, 4.69) is 23.9 Å². The minimum atomic E-state index is -0.0143. The summed E-state index contributed by atoms with van der Waals surface area (Å²) in [7, 11) is 7.69. The molecule has 1 amide bonds. The lowest BCUT2D eigenvalue weighted by molar-refractivity contribution is 0.0827. The van der Waals surface area contributed by atoms with Crippen molar-refractivity contribution >= 4 is 17.3 Å². The largest absolute Gasteiger partial charge is 0.397 e. The van der Waals surface area contributed by atoms with Crippen molar-refractivity contribution in [2.45, 2.75) is 18.9 Å². The van der Waals surface area contributed by atoms with Gasteiger partial charge in [0.1, 0.15) is 0 Å². The summed E-state index contributed by atoms with van der Waals surface area (Å²) in [6, 6.07) is 6.15. The molecule has 1 unspecified atom stereocenters. The van der Waals surface area contributed by atoms with E-state index < -0.39 is 0 Å². The van der Waals surface area contributed by atoms with Gasteiger partial charge in [0.15, 0.2) is 0 Å². The fraction of sp³-hybridized carbons (Fsp3) is 0.562. The number of benzene rings is 1. The Morgan fingerprint density at radius 2 is 2.05 bits per heavy atom. The van der Waals surface area contributed by atoms with Gasteiger partial charge in [0.05, 0.1) is 11.4 Å². The number of carbonyl (C=O) groups is 1. The Labute approximate surface area is 127 Å². The normalized spacial score (nSPS) is 18.3. The molecule has 1 atom stereocenters. The van der Waals surface area contributed by atoms with Crippen LogP contribution in [0, 0.1) is 0 Å². The van der Waals surface area contributed by atoms with Gasteiger partial charge in [-0.25, -0.2) is 0 Å². The zero-order valence-corrected chi connectivity index (χ0v) is 13.5. The number of nitrogens with zero attached hydrogens (tertiary/aromatic N) is 3. The van der Waals surface area contributed by atoms with Gasteiger partial charge in [0.2, 0.25) is 0 Å². The monoisotopic (exact) mass is 290 g/mol. The zero-order chi connectivity index (χ0) is 15.6. The van der Waals surface area contributed by atoms with Crippen molar-refractivity contribution in [2.24, 2.45) is 0 Å². The van der Waals surface area contributed by atoms with E-state index in [-0.39, 0.29) is 5.91 Å². The van der Waals surface area contributed by atoms with Crippen molar-refractivity contribution in [3.05, 3.63) is 23.8 Å². The summed E-state index contributed by atoms with van der Waals surface area (Å²) < 4.78 is 0. The number of amides is 1. The van der Waals surface area contributed by atoms with E-state index in [1.165, 1.54) is 12.8 Å². The van der Waals surface area contributed by atoms with E-state index in [4.69, 9.17) is 5.73 Å². The number of hydrogen-bond donors (Lipinski definition) is 1. The Morgan fingerprint density at radius 1 is 1.33 bits per heavy atom. The van der Waals surface area contributed by atoms with Gasteiger partial charge in [-0.1, -0.05) is 0 Å². The fourth-order valence-electron chi connectivity index (χ4n) is 2.97. The molecule has 1 fully saturated rings. The fourth-order valence-corrected chi connectivity index (χ4v) is 2.97. The van der Waals surface area contributed by atoms with Gasteiger partial charge >= 0.3 is 0 Å². The number of nitrogens with two attached hydrogens (primary N) is 1. The second-order valence-electron chi connectivity index (χ2n) is 6.22. The molecule has 1 saturated heterocycles. The third kappa shape index (κ3) is 3.47. The molecule has 2 rings (SSSR count).